The second-order valence-electron chi connectivity index (χ2n) is 8.10. The van der Waals surface area contributed by atoms with E-state index in [1.807, 2.05) is 127 Å². The van der Waals surface area contributed by atoms with Crippen LogP contribution in [0.5, 0.6) is 5.75 Å². The highest BCUT2D eigenvalue weighted by atomic mass is 16.5. The van der Waals surface area contributed by atoms with E-state index in [-0.39, 0.29) is 13.0 Å². The van der Waals surface area contributed by atoms with E-state index in [1.165, 1.54) is 5.56 Å². The molecule has 4 aromatic carbocycles. The largest absolute Gasteiger partial charge is 0.489 e. The lowest BCUT2D eigenvalue weighted by Gasteiger charge is -2.07. The minimum absolute atomic E-state index is 0.166. The van der Waals surface area contributed by atoms with Crippen molar-refractivity contribution in [3.05, 3.63) is 157 Å². The number of ether oxygens (including phenoxy) is 2. The zero-order valence-electron chi connectivity index (χ0n) is 22.0. The van der Waals surface area contributed by atoms with Crippen LogP contribution in [0.15, 0.2) is 129 Å². The molecule has 0 bridgehead atoms. The number of nitrogens with zero attached hydrogens (tertiary/aromatic N) is 1. The molecule has 0 aliphatic carbocycles. The number of carbonyl (C=O) groups excluding carboxylic acids is 1. The van der Waals surface area contributed by atoms with E-state index in [9.17, 15) is 4.79 Å². The molecule has 0 fully saturated rings. The number of esters is 1. The third kappa shape index (κ3) is 12.6. The van der Waals surface area contributed by atoms with Gasteiger partial charge in [-0.25, -0.2) is 0 Å². The first-order valence-electron chi connectivity index (χ1n) is 12.4. The van der Waals surface area contributed by atoms with Crippen LogP contribution in [0, 0.1) is 11.3 Å². The van der Waals surface area contributed by atoms with Gasteiger partial charge in [0.25, 0.3) is 0 Å². The molecule has 0 N–H and O–H groups in total. The third-order valence-corrected chi connectivity index (χ3v) is 5.24. The van der Waals surface area contributed by atoms with Crippen LogP contribution in [0.25, 0.3) is 18.2 Å². The maximum atomic E-state index is 11.1. The van der Waals surface area contributed by atoms with Gasteiger partial charge in [-0.15, -0.1) is 0 Å². The lowest BCUT2D eigenvalue weighted by molar-refractivity contribution is -0.143. The molecule has 0 saturated heterocycles. The topological polar surface area (TPSA) is 59.3 Å². The van der Waals surface area contributed by atoms with E-state index < -0.39 is 5.97 Å². The molecule has 4 heteroatoms. The number of rotatable bonds is 9. The summed E-state index contributed by atoms with van der Waals surface area (Å²) in [5, 5.41) is 8.36. The summed E-state index contributed by atoms with van der Waals surface area (Å²) < 4.78 is 10.6. The lowest BCUT2D eigenvalue weighted by atomic mass is 10.1. The molecule has 4 rings (SSSR count). The second kappa shape index (κ2) is 18.2. The van der Waals surface area contributed by atoms with E-state index in [0.29, 0.717) is 6.61 Å². The predicted octanol–water partition coefficient (Wildman–Crippen LogP) is 8.52. The number of nitriles is 1. The van der Waals surface area contributed by atoms with Gasteiger partial charge in [-0.05, 0) is 39.9 Å². The van der Waals surface area contributed by atoms with Crippen molar-refractivity contribution in [2.75, 3.05) is 0 Å². The summed E-state index contributed by atoms with van der Waals surface area (Å²) in [6, 6.07) is 37.1. The van der Waals surface area contributed by atoms with E-state index in [1.54, 1.807) is 6.07 Å². The van der Waals surface area contributed by atoms with Gasteiger partial charge in [0.15, 0.2) is 0 Å². The second-order valence-corrected chi connectivity index (χ2v) is 8.10. The molecule has 0 atom stereocenters. The lowest BCUT2D eigenvalue weighted by Crippen LogP contribution is -2.03. The number of benzene rings is 4. The van der Waals surface area contributed by atoms with Gasteiger partial charge < -0.3 is 9.47 Å². The Labute approximate surface area is 231 Å². The first-order valence-corrected chi connectivity index (χ1v) is 12.4. The monoisotopic (exact) mass is 515 g/mol. The Balaban J connectivity index is 0.000000243. The van der Waals surface area contributed by atoms with Crippen molar-refractivity contribution in [1.82, 2.24) is 0 Å². The smallest absolute Gasteiger partial charge is 0.320 e. The van der Waals surface area contributed by atoms with Crippen LogP contribution >= 0.6 is 0 Å². The van der Waals surface area contributed by atoms with Gasteiger partial charge in [-0.3, -0.25) is 4.79 Å². The van der Waals surface area contributed by atoms with Crippen molar-refractivity contribution < 1.29 is 14.3 Å². The van der Waals surface area contributed by atoms with Gasteiger partial charge in [0.1, 0.15) is 25.4 Å². The van der Waals surface area contributed by atoms with Crippen molar-refractivity contribution in [3.8, 4) is 11.8 Å². The Morgan fingerprint density at radius 3 is 1.56 bits per heavy atom. The van der Waals surface area contributed by atoms with Crippen molar-refractivity contribution >= 4 is 24.2 Å². The zero-order chi connectivity index (χ0) is 28.1. The zero-order valence-corrected chi connectivity index (χ0v) is 22.0. The van der Waals surface area contributed by atoms with Crippen molar-refractivity contribution in [2.45, 2.75) is 19.6 Å². The Bertz CT molecular complexity index is 1290. The molecule has 0 aromatic heterocycles. The highest BCUT2D eigenvalue weighted by molar-refractivity contribution is 5.71. The molecule has 0 aliphatic heterocycles. The Hall–Kier alpha value is -5.14. The molecule has 196 valence electrons. The van der Waals surface area contributed by atoms with Crippen molar-refractivity contribution in [1.29, 1.82) is 5.26 Å². The van der Waals surface area contributed by atoms with E-state index in [4.69, 9.17) is 14.7 Å². The third-order valence-electron chi connectivity index (χ3n) is 5.24. The molecule has 0 spiro atoms. The summed E-state index contributed by atoms with van der Waals surface area (Å²) in [7, 11) is 0. The van der Waals surface area contributed by atoms with Crippen LogP contribution < -0.4 is 4.74 Å². The van der Waals surface area contributed by atoms with E-state index in [0.717, 1.165) is 28.0 Å². The van der Waals surface area contributed by atoms with Gasteiger partial charge in [-0.2, -0.15) is 5.26 Å². The summed E-state index contributed by atoms with van der Waals surface area (Å²) in [5.74, 6) is 0.243. The molecule has 39 heavy (non-hydrogen) atoms. The fourth-order valence-corrected chi connectivity index (χ4v) is 3.06. The van der Waals surface area contributed by atoms with Gasteiger partial charge in [-0.1, -0.05) is 135 Å². The van der Waals surface area contributed by atoms with Crippen molar-refractivity contribution in [2.24, 2.45) is 0 Å². The van der Waals surface area contributed by atoms with E-state index in [2.05, 4.69) is 19.7 Å². The fraction of sp³-hybridized carbons (Fsp3) is 0.0857. The van der Waals surface area contributed by atoms with Crippen LogP contribution in [-0.4, -0.2) is 5.97 Å². The van der Waals surface area contributed by atoms with Crippen LogP contribution in [0.4, 0.5) is 0 Å². The highest BCUT2D eigenvalue weighted by Gasteiger charge is 2.02. The quantitative estimate of drug-likeness (QED) is 0.210. The number of hydrogen-bond acceptors (Lipinski definition) is 4. The van der Waals surface area contributed by atoms with Crippen LogP contribution in [-0.2, 0) is 22.7 Å². The average molecular weight is 516 g/mol. The molecule has 4 nitrogen and oxygen atoms in total. The van der Waals surface area contributed by atoms with E-state index >= 15 is 0 Å². The molecular weight excluding hydrogens is 482 g/mol. The van der Waals surface area contributed by atoms with Gasteiger partial charge in [0.05, 0.1) is 6.07 Å². The molecule has 4 aromatic rings. The SMILES string of the molecule is C=Cc1ccc(C=C)cc1.C=Cc1ccccc1.N#CCC(=O)OCc1ccc(OCc2ccccc2)cc1. The minimum Gasteiger partial charge on any atom is -0.489 e. The van der Waals surface area contributed by atoms with Gasteiger partial charge in [0, 0.05) is 0 Å². The maximum absolute atomic E-state index is 11.1. The van der Waals surface area contributed by atoms with Crippen LogP contribution in [0.1, 0.15) is 34.2 Å². The summed E-state index contributed by atoms with van der Waals surface area (Å²) in [6.07, 6.45) is 5.26. The molecule has 0 radical (unpaired) electrons. The van der Waals surface area contributed by atoms with Gasteiger partial charge in [0.2, 0.25) is 0 Å². The molecule has 0 saturated carbocycles. The summed E-state index contributed by atoms with van der Waals surface area (Å²) >= 11 is 0. The summed E-state index contributed by atoms with van der Waals surface area (Å²) in [5.41, 5.74) is 5.42. The normalized spacial score (nSPS) is 9.21. The number of hydrogen-bond donors (Lipinski definition) is 0. The highest BCUT2D eigenvalue weighted by Crippen LogP contribution is 2.15. The first kappa shape index (κ1) is 30.1. The first-order chi connectivity index (χ1) is 19.1. The van der Waals surface area contributed by atoms with Crippen LogP contribution in [0.3, 0.4) is 0 Å². The van der Waals surface area contributed by atoms with Gasteiger partial charge >= 0.3 is 5.97 Å². The molecule has 0 heterocycles. The van der Waals surface area contributed by atoms with Crippen LogP contribution in [0.2, 0.25) is 0 Å². The molecular formula is C35H33NO3. The Morgan fingerprint density at radius 2 is 1.10 bits per heavy atom. The number of carbonyl (C=O) groups is 1. The minimum atomic E-state index is -0.512. The standard InChI is InChI=1S/C17H15NO3.C10H10.C8H8/c18-11-10-17(19)21-13-15-6-8-16(9-7-15)20-12-14-4-2-1-3-5-14;1-3-9-5-7-10(4-2)8-6-9;1-2-8-6-4-3-5-7-8/h1-9H,10,12-13H2;3-8H,1-2H2;2-7H,1H2. The van der Waals surface area contributed by atoms with Crippen molar-refractivity contribution in [3.63, 3.8) is 0 Å². The summed E-state index contributed by atoms with van der Waals surface area (Å²) in [4.78, 5) is 11.1. The molecule has 0 amide bonds. The maximum Gasteiger partial charge on any atom is 0.320 e. The average Bonchev–Trinajstić information content (AvgIpc) is 3.01. The molecule has 0 aliphatic rings. The Morgan fingerprint density at radius 1 is 0.641 bits per heavy atom. The fourth-order valence-electron chi connectivity index (χ4n) is 3.06. The summed E-state index contributed by atoms with van der Waals surface area (Å²) in [6.45, 7) is 11.6. The predicted molar refractivity (Wildman–Crippen MR) is 160 cm³/mol. The molecule has 0 unspecified atom stereocenters. The Kier molecular flexibility index (Phi) is 14.0.